The van der Waals surface area contributed by atoms with Gasteiger partial charge in [0.25, 0.3) is 0 Å². The van der Waals surface area contributed by atoms with E-state index in [1.807, 2.05) is 6.07 Å². The lowest BCUT2D eigenvalue weighted by Gasteiger charge is -2.32. The van der Waals surface area contributed by atoms with Gasteiger partial charge in [0.2, 0.25) is 0 Å². The summed E-state index contributed by atoms with van der Waals surface area (Å²) in [6.07, 6.45) is 4.11. The summed E-state index contributed by atoms with van der Waals surface area (Å²) >= 11 is 0. The fourth-order valence-corrected chi connectivity index (χ4v) is 4.38. The molecular formula is C24H33NO3. The third-order valence-electron chi connectivity index (χ3n) is 5.80. The topological polar surface area (TPSA) is 52.9 Å². The van der Waals surface area contributed by atoms with Gasteiger partial charge in [-0.1, -0.05) is 31.2 Å². The summed E-state index contributed by atoms with van der Waals surface area (Å²) in [5, 5.41) is 20.1. The zero-order chi connectivity index (χ0) is 20.1. The molecule has 2 aromatic carbocycles. The fourth-order valence-electron chi connectivity index (χ4n) is 4.38. The van der Waals surface area contributed by atoms with Crippen molar-refractivity contribution in [1.82, 2.24) is 4.90 Å². The van der Waals surface area contributed by atoms with Crippen LogP contribution in [0.25, 0.3) is 0 Å². The summed E-state index contributed by atoms with van der Waals surface area (Å²) in [5.41, 5.74) is 4.48. The van der Waals surface area contributed by atoms with Crippen molar-refractivity contribution in [2.75, 3.05) is 26.2 Å². The summed E-state index contributed by atoms with van der Waals surface area (Å²) in [6.45, 7) is 9.94. The summed E-state index contributed by atoms with van der Waals surface area (Å²) in [7, 11) is 0. The molecule has 0 spiro atoms. The van der Waals surface area contributed by atoms with E-state index in [9.17, 15) is 10.2 Å². The minimum atomic E-state index is -0.00758. The number of phenolic OH excluding ortho intramolecular Hbond substituents is 2. The van der Waals surface area contributed by atoms with Crippen LogP contribution in [-0.2, 0) is 6.42 Å². The molecule has 0 aliphatic heterocycles. The second-order valence-electron chi connectivity index (χ2n) is 7.96. The van der Waals surface area contributed by atoms with Crippen LogP contribution in [0, 0.1) is 13.8 Å². The van der Waals surface area contributed by atoms with Crippen LogP contribution < -0.4 is 4.74 Å². The molecule has 28 heavy (non-hydrogen) atoms. The van der Waals surface area contributed by atoms with Crippen molar-refractivity contribution in [2.24, 2.45) is 0 Å². The first-order valence-corrected chi connectivity index (χ1v) is 10.5. The molecule has 0 saturated carbocycles. The van der Waals surface area contributed by atoms with Gasteiger partial charge in [0.05, 0.1) is 0 Å². The monoisotopic (exact) mass is 383 g/mol. The molecule has 1 unspecified atom stereocenters. The molecule has 1 aliphatic rings. The average Bonchev–Trinajstić information content (AvgIpc) is 2.67. The first-order valence-electron chi connectivity index (χ1n) is 10.5. The Morgan fingerprint density at radius 3 is 2.54 bits per heavy atom. The van der Waals surface area contributed by atoms with Crippen LogP contribution in [-0.4, -0.2) is 41.4 Å². The predicted molar refractivity (Wildman–Crippen MR) is 114 cm³/mol. The summed E-state index contributed by atoms with van der Waals surface area (Å²) in [5.74, 6) is 1.46. The van der Waals surface area contributed by atoms with Gasteiger partial charge in [0, 0.05) is 18.7 Å². The molecule has 4 nitrogen and oxygen atoms in total. The van der Waals surface area contributed by atoms with Gasteiger partial charge in [-0.3, -0.25) is 4.90 Å². The molecule has 1 atom stereocenters. The number of fused-ring (bicyclic) bond motifs is 1. The lowest BCUT2D eigenvalue weighted by molar-refractivity contribution is 0.194. The number of aryl methyl sites for hydroxylation is 2. The number of aromatic hydroxyl groups is 2. The molecule has 0 aromatic heterocycles. The summed E-state index contributed by atoms with van der Waals surface area (Å²) < 4.78 is 6.12. The number of hydrogen-bond donors (Lipinski definition) is 2. The van der Waals surface area contributed by atoms with Gasteiger partial charge < -0.3 is 14.9 Å². The third-order valence-corrected chi connectivity index (χ3v) is 5.80. The quantitative estimate of drug-likeness (QED) is 0.635. The molecule has 0 radical (unpaired) electrons. The van der Waals surface area contributed by atoms with Gasteiger partial charge in [-0.25, -0.2) is 0 Å². The standard InChI is InChI=1S/C24H33NO3/c1-4-13-25(14-15-28-24-17(2)7-5-8-18(24)3)16-19-9-6-10-21-20(19)11-12-22(26)23(21)27/h5,7-8,11-12,19,26-27H,4,6,9-10,13-16H2,1-3H3. The van der Waals surface area contributed by atoms with E-state index >= 15 is 0 Å². The third kappa shape index (κ3) is 4.61. The minimum Gasteiger partial charge on any atom is -0.504 e. The van der Waals surface area contributed by atoms with Gasteiger partial charge in [-0.2, -0.15) is 0 Å². The SMILES string of the molecule is CCCN(CCOc1c(C)cccc1C)CC1CCCc2c1ccc(O)c2O. The Bertz CT molecular complexity index is 782. The van der Waals surface area contributed by atoms with E-state index in [2.05, 4.69) is 43.9 Å². The van der Waals surface area contributed by atoms with Crippen LogP contribution in [0.4, 0.5) is 0 Å². The number of nitrogens with zero attached hydrogens (tertiary/aromatic N) is 1. The highest BCUT2D eigenvalue weighted by Crippen LogP contribution is 2.40. The maximum absolute atomic E-state index is 10.2. The van der Waals surface area contributed by atoms with E-state index in [1.165, 1.54) is 16.7 Å². The Kier molecular flexibility index (Phi) is 6.84. The summed E-state index contributed by atoms with van der Waals surface area (Å²) in [4.78, 5) is 2.47. The van der Waals surface area contributed by atoms with Gasteiger partial charge in [-0.15, -0.1) is 0 Å². The number of phenols is 2. The first kappa shape index (κ1) is 20.5. The number of hydrogen-bond acceptors (Lipinski definition) is 4. The molecule has 0 heterocycles. The zero-order valence-corrected chi connectivity index (χ0v) is 17.4. The molecular weight excluding hydrogens is 350 g/mol. The Hall–Kier alpha value is -2.20. The van der Waals surface area contributed by atoms with Crippen LogP contribution in [0.1, 0.15) is 54.4 Å². The molecule has 1 aliphatic carbocycles. The van der Waals surface area contributed by atoms with Gasteiger partial charge in [-0.05, 0) is 74.8 Å². The van der Waals surface area contributed by atoms with Crippen LogP contribution in [0.15, 0.2) is 30.3 Å². The van der Waals surface area contributed by atoms with E-state index in [-0.39, 0.29) is 11.5 Å². The van der Waals surface area contributed by atoms with Crippen molar-refractivity contribution < 1.29 is 14.9 Å². The highest BCUT2D eigenvalue weighted by Gasteiger charge is 2.25. The Balaban J connectivity index is 1.65. The molecule has 152 valence electrons. The highest BCUT2D eigenvalue weighted by molar-refractivity contribution is 5.51. The molecule has 0 amide bonds. The zero-order valence-electron chi connectivity index (χ0n) is 17.4. The largest absolute Gasteiger partial charge is 0.504 e. The van der Waals surface area contributed by atoms with Crippen molar-refractivity contribution >= 4 is 0 Å². The van der Waals surface area contributed by atoms with Crippen LogP contribution in [0.5, 0.6) is 17.2 Å². The second-order valence-corrected chi connectivity index (χ2v) is 7.96. The maximum Gasteiger partial charge on any atom is 0.160 e. The lowest BCUT2D eigenvalue weighted by Crippen LogP contribution is -2.34. The Labute approximate surface area is 168 Å². The van der Waals surface area contributed by atoms with Gasteiger partial charge in [0.1, 0.15) is 12.4 Å². The van der Waals surface area contributed by atoms with E-state index in [1.54, 1.807) is 6.07 Å². The molecule has 2 N–H and O–H groups in total. The van der Waals surface area contributed by atoms with Crippen molar-refractivity contribution in [1.29, 1.82) is 0 Å². The average molecular weight is 384 g/mol. The van der Waals surface area contributed by atoms with E-state index in [0.29, 0.717) is 12.5 Å². The Morgan fingerprint density at radius 1 is 1.07 bits per heavy atom. The van der Waals surface area contributed by atoms with Crippen LogP contribution in [0.2, 0.25) is 0 Å². The predicted octanol–water partition coefficient (Wildman–Crippen LogP) is 4.93. The van der Waals surface area contributed by atoms with Gasteiger partial charge >= 0.3 is 0 Å². The molecule has 0 saturated heterocycles. The molecule has 2 aromatic rings. The van der Waals surface area contributed by atoms with Crippen LogP contribution >= 0.6 is 0 Å². The van der Waals surface area contributed by atoms with Crippen LogP contribution in [0.3, 0.4) is 0 Å². The Morgan fingerprint density at radius 2 is 1.82 bits per heavy atom. The highest BCUT2D eigenvalue weighted by atomic mass is 16.5. The minimum absolute atomic E-state index is 0.00758. The van der Waals surface area contributed by atoms with Crippen molar-refractivity contribution in [3.05, 3.63) is 52.6 Å². The number of benzene rings is 2. The number of rotatable bonds is 8. The molecule has 3 rings (SSSR count). The van der Waals surface area contributed by atoms with Crippen molar-refractivity contribution in [3.8, 4) is 17.2 Å². The van der Waals surface area contributed by atoms with E-state index in [4.69, 9.17) is 4.74 Å². The smallest absolute Gasteiger partial charge is 0.160 e. The molecule has 0 fully saturated rings. The fraction of sp³-hybridized carbons (Fsp3) is 0.500. The molecule has 4 heteroatoms. The lowest BCUT2D eigenvalue weighted by atomic mass is 9.82. The maximum atomic E-state index is 10.2. The summed E-state index contributed by atoms with van der Waals surface area (Å²) in [6, 6.07) is 9.86. The second kappa shape index (κ2) is 9.33. The van der Waals surface area contributed by atoms with Gasteiger partial charge in [0.15, 0.2) is 11.5 Å². The van der Waals surface area contributed by atoms with Crippen molar-refractivity contribution in [2.45, 2.75) is 52.4 Å². The number of para-hydroxylation sites is 1. The normalized spacial score (nSPS) is 16.2. The molecule has 0 bridgehead atoms. The van der Waals surface area contributed by atoms with E-state index < -0.39 is 0 Å². The van der Waals surface area contributed by atoms with E-state index in [0.717, 1.165) is 56.6 Å². The van der Waals surface area contributed by atoms with Crippen molar-refractivity contribution in [3.63, 3.8) is 0 Å². The number of ether oxygens (including phenoxy) is 1. The first-order chi connectivity index (χ1) is 13.5.